The van der Waals surface area contributed by atoms with E-state index in [0.29, 0.717) is 42.8 Å². The van der Waals surface area contributed by atoms with Gasteiger partial charge in [-0.15, -0.1) is 0 Å². The van der Waals surface area contributed by atoms with E-state index in [4.69, 9.17) is 4.74 Å². The van der Waals surface area contributed by atoms with Crippen molar-refractivity contribution in [1.29, 1.82) is 0 Å². The Hall–Kier alpha value is -3.95. The number of aryl methyl sites for hydroxylation is 1. The third-order valence-corrected chi connectivity index (χ3v) is 6.88. The summed E-state index contributed by atoms with van der Waals surface area (Å²) in [6.45, 7) is 8.42. The molecule has 3 aromatic rings. The molecule has 1 fully saturated rings. The van der Waals surface area contributed by atoms with Gasteiger partial charge in [0.15, 0.2) is 5.82 Å². The first-order valence-electron chi connectivity index (χ1n) is 12.0. The van der Waals surface area contributed by atoms with Crippen molar-refractivity contribution in [3.63, 3.8) is 0 Å². The van der Waals surface area contributed by atoms with Gasteiger partial charge in [0, 0.05) is 44.1 Å². The third-order valence-electron chi connectivity index (χ3n) is 6.88. The second-order valence-corrected chi connectivity index (χ2v) is 9.57. The van der Waals surface area contributed by atoms with E-state index in [1.54, 1.807) is 23.7 Å². The molecule has 4 heterocycles. The van der Waals surface area contributed by atoms with Crippen molar-refractivity contribution >= 4 is 29.0 Å². The summed E-state index contributed by atoms with van der Waals surface area (Å²) in [5.74, 6) is -0.432. The number of ether oxygens (including phenoxy) is 1. The highest BCUT2D eigenvalue weighted by molar-refractivity contribution is 6.46. The molecule has 2 aromatic heterocycles. The second-order valence-electron chi connectivity index (χ2n) is 9.57. The number of ketones is 1. The average Bonchev–Trinajstić information content (AvgIpc) is 3.17. The molecule has 9 nitrogen and oxygen atoms in total. The Morgan fingerprint density at radius 3 is 2.64 bits per heavy atom. The van der Waals surface area contributed by atoms with Gasteiger partial charge >= 0.3 is 0 Å². The Balaban J connectivity index is 1.29. The van der Waals surface area contributed by atoms with E-state index >= 15 is 0 Å². The molecule has 1 amide bonds. The summed E-state index contributed by atoms with van der Waals surface area (Å²) in [5.41, 5.74) is 3.63. The van der Waals surface area contributed by atoms with Gasteiger partial charge in [-0.05, 0) is 36.6 Å². The van der Waals surface area contributed by atoms with Crippen molar-refractivity contribution in [3.05, 3.63) is 59.4 Å². The molecule has 2 aliphatic heterocycles. The van der Waals surface area contributed by atoms with Crippen LogP contribution in [0.25, 0.3) is 0 Å². The molecular formula is C26H29FN6O3. The SMILES string of the molecule is Cc1cc(C(C)C)c(C(=O)C(=O)Nc2ccc3c(c2)OCC2CN(c4ncc(F)cn4)CCN32)n1C. The van der Waals surface area contributed by atoms with Crippen LogP contribution in [0.1, 0.15) is 41.5 Å². The highest BCUT2D eigenvalue weighted by atomic mass is 19.1. The van der Waals surface area contributed by atoms with Crippen LogP contribution in [0, 0.1) is 12.7 Å². The fourth-order valence-electron chi connectivity index (χ4n) is 4.88. The highest BCUT2D eigenvalue weighted by Gasteiger charge is 2.34. The molecule has 1 atom stereocenters. The van der Waals surface area contributed by atoms with Gasteiger partial charge in [0.1, 0.15) is 12.4 Å². The van der Waals surface area contributed by atoms with Gasteiger partial charge in [-0.2, -0.15) is 0 Å². The number of fused-ring (bicyclic) bond motifs is 3. The van der Waals surface area contributed by atoms with E-state index in [2.05, 4.69) is 20.2 Å². The third kappa shape index (κ3) is 4.27. The quantitative estimate of drug-likeness (QED) is 0.432. The molecule has 36 heavy (non-hydrogen) atoms. The highest BCUT2D eigenvalue weighted by Crippen LogP contribution is 2.37. The zero-order valence-corrected chi connectivity index (χ0v) is 20.8. The van der Waals surface area contributed by atoms with E-state index in [9.17, 15) is 14.0 Å². The zero-order chi connectivity index (χ0) is 25.6. The first-order valence-corrected chi connectivity index (χ1v) is 12.0. The van der Waals surface area contributed by atoms with Gasteiger partial charge in [0.2, 0.25) is 5.95 Å². The molecule has 5 rings (SSSR count). The number of hydrogen-bond donors (Lipinski definition) is 1. The number of amides is 1. The van der Waals surface area contributed by atoms with Crippen molar-refractivity contribution in [2.24, 2.45) is 7.05 Å². The van der Waals surface area contributed by atoms with Gasteiger partial charge in [-0.3, -0.25) is 9.59 Å². The number of hydrogen-bond acceptors (Lipinski definition) is 7. The number of anilines is 3. The van der Waals surface area contributed by atoms with Crippen LogP contribution in [0.5, 0.6) is 5.75 Å². The molecule has 1 saturated heterocycles. The maximum absolute atomic E-state index is 13.2. The molecule has 0 radical (unpaired) electrons. The Kier molecular flexibility index (Phi) is 6.11. The number of Topliss-reactive ketones (excluding diaryl/α,β-unsaturated/α-hetero) is 1. The Labute approximate surface area is 208 Å². The fraction of sp³-hybridized carbons (Fsp3) is 0.385. The Morgan fingerprint density at radius 1 is 1.17 bits per heavy atom. The number of nitrogens with one attached hydrogen (secondary N) is 1. The van der Waals surface area contributed by atoms with Crippen LogP contribution in [0.2, 0.25) is 0 Å². The number of nitrogens with zero attached hydrogens (tertiary/aromatic N) is 5. The molecule has 0 saturated carbocycles. The molecule has 0 aliphatic carbocycles. The van der Waals surface area contributed by atoms with E-state index in [-0.39, 0.29) is 12.0 Å². The number of carbonyl (C=O) groups is 2. The van der Waals surface area contributed by atoms with Gasteiger partial charge in [0.25, 0.3) is 11.7 Å². The minimum Gasteiger partial charge on any atom is -0.489 e. The molecular weight excluding hydrogens is 463 g/mol. The standard InChI is InChI=1S/C26H29FN6O3/c1-15(2)20-9-16(3)31(4)23(20)24(34)25(35)30-18-5-6-21-22(10-18)36-14-19-13-32(7-8-33(19)21)26-28-11-17(27)12-29-26/h5-6,9-12,15,19H,7-8,13-14H2,1-4H3,(H,30,35). The molecule has 1 unspecified atom stereocenters. The van der Waals surface area contributed by atoms with E-state index in [0.717, 1.165) is 23.5 Å². The van der Waals surface area contributed by atoms with Crippen molar-refractivity contribution in [1.82, 2.24) is 14.5 Å². The molecule has 0 spiro atoms. The van der Waals surface area contributed by atoms with Crippen LogP contribution in [0.15, 0.2) is 36.7 Å². The monoisotopic (exact) mass is 492 g/mol. The van der Waals surface area contributed by atoms with Crippen molar-refractivity contribution in [2.75, 3.05) is 41.4 Å². The maximum Gasteiger partial charge on any atom is 0.298 e. The summed E-state index contributed by atoms with van der Waals surface area (Å²) in [5, 5.41) is 2.74. The average molecular weight is 493 g/mol. The van der Waals surface area contributed by atoms with Gasteiger partial charge in [0.05, 0.1) is 29.8 Å². The lowest BCUT2D eigenvalue weighted by atomic mass is 10.0. The van der Waals surface area contributed by atoms with Crippen molar-refractivity contribution < 1.29 is 18.7 Å². The lowest BCUT2D eigenvalue weighted by molar-refractivity contribution is -0.112. The zero-order valence-electron chi connectivity index (χ0n) is 20.8. The Bertz CT molecular complexity index is 1320. The molecule has 188 valence electrons. The van der Waals surface area contributed by atoms with Crippen molar-refractivity contribution in [3.8, 4) is 5.75 Å². The second kappa shape index (κ2) is 9.25. The van der Waals surface area contributed by atoms with Gasteiger partial charge in [-0.1, -0.05) is 13.8 Å². The molecule has 2 aliphatic rings. The minimum atomic E-state index is -0.681. The number of aromatic nitrogens is 3. The van der Waals surface area contributed by atoms with Crippen LogP contribution in [0.3, 0.4) is 0 Å². The molecule has 1 aromatic carbocycles. The molecule has 10 heteroatoms. The minimum absolute atomic E-state index is 0.0805. The van der Waals surface area contributed by atoms with Crippen LogP contribution in [-0.4, -0.2) is 58.5 Å². The van der Waals surface area contributed by atoms with Crippen LogP contribution in [0.4, 0.5) is 21.7 Å². The first kappa shape index (κ1) is 23.8. The summed E-state index contributed by atoms with van der Waals surface area (Å²) in [7, 11) is 1.80. The topological polar surface area (TPSA) is 92.6 Å². The first-order chi connectivity index (χ1) is 17.2. The molecule has 0 bridgehead atoms. The van der Waals surface area contributed by atoms with E-state index < -0.39 is 17.5 Å². The number of piperazine rings is 1. The lowest BCUT2D eigenvalue weighted by Gasteiger charge is -2.45. The van der Waals surface area contributed by atoms with E-state index in [1.165, 1.54) is 12.4 Å². The van der Waals surface area contributed by atoms with Crippen molar-refractivity contribution in [2.45, 2.75) is 32.7 Å². The number of rotatable bonds is 5. The largest absolute Gasteiger partial charge is 0.489 e. The normalized spacial score (nSPS) is 16.9. The smallest absolute Gasteiger partial charge is 0.298 e. The summed E-state index contributed by atoms with van der Waals surface area (Å²) in [4.78, 5) is 38.4. The predicted molar refractivity (Wildman–Crippen MR) is 134 cm³/mol. The Morgan fingerprint density at radius 2 is 1.92 bits per heavy atom. The van der Waals surface area contributed by atoms with Gasteiger partial charge in [-0.25, -0.2) is 14.4 Å². The maximum atomic E-state index is 13.2. The fourth-order valence-corrected chi connectivity index (χ4v) is 4.88. The number of halogens is 1. The van der Waals surface area contributed by atoms with Crippen LogP contribution < -0.4 is 19.9 Å². The number of benzene rings is 1. The summed E-state index contributed by atoms with van der Waals surface area (Å²) >= 11 is 0. The summed E-state index contributed by atoms with van der Waals surface area (Å²) < 4.78 is 21.0. The van der Waals surface area contributed by atoms with Crippen LogP contribution >= 0.6 is 0 Å². The molecule has 1 N–H and O–H groups in total. The predicted octanol–water partition coefficient (Wildman–Crippen LogP) is 3.30. The van der Waals surface area contributed by atoms with Gasteiger partial charge < -0.3 is 24.4 Å². The van der Waals surface area contributed by atoms with Crippen LogP contribution in [-0.2, 0) is 11.8 Å². The number of carbonyl (C=O) groups excluding carboxylic acids is 2. The lowest BCUT2D eigenvalue weighted by Crippen LogP contribution is -2.57. The summed E-state index contributed by atoms with van der Waals surface area (Å²) in [6.07, 6.45) is 2.34. The van der Waals surface area contributed by atoms with E-state index in [1.807, 2.05) is 37.8 Å². The summed E-state index contributed by atoms with van der Waals surface area (Å²) in [6, 6.07) is 7.47.